The van der Waals surface area contributed by atoms with E-state index in [1.807, 2.05) is 12.1 Å². The first-order valence-electron chi connectivity index (χ1n) is 4.22. The van der Waals surface area contributed by atoms with E-state index in [4.69, 9.17) is 11.6 Å². The summed E-state index contributed by atoms with van der Waals surface area (Å²) in [6.45, 7) is 6.57. The fourth-order valence-corrected chi connectivity index (χ4v) is 1.11. The molecule has 1 aromatic rings. The number of aromatic nitrogens is 1. The number of pyridine rings is 1. The van der Waals surface area contributed by atoms with E-state index in [-0.39, 0.29) is 0 Å². The van der Waals surface area contributed by atoms with Crippen LogP contribution in [0.15, 0.2) is 18.3 Å². The largest absolute Gasteiger partial charge is 0.259 e. The molecule has 0 unspecified atom stereocenters. The molecule has 12 heavy (non-hydrogen) atoms. The van der Waals surface area contributed by atoms with Gasteiger partial charge in [0.1, 0.15) is 0 Å². The van der Waals surface area contributed by atoms with Crippen molar-refractivity contribution in [2.75, 3.05) is 0 Å². The van der Waals surface area contributed by atoms with Crippen molar-refractivity contribution in [1.82, 2.24) is 4.98 Å². The first kappa shape index (κ1) is 9.53. The molecule has 0 aliphatic heterocycles. The summed E-state index contributed by atoms with van der Waals surface area (Å²) in [7, 11) is 0. The molecule has 1 aromatic heterocycles. The Morgan fingerprint density at radius 1 is 1.25 bits per heavy atom. The molecule has 0 saturated carbocycles. The average Bonchev–Trinajstić information content (AvgIpc) is 2.04. The second-order valence-corrected chi connectivity index (χ2v) is 3.87. The second-order valence-electron chi connectivity index (χ2n) is 3.43. The number of hydrogen-bond donors (Lipinski definition) is 0. The van der Waals surface area contributed by atoms with Gasteiger partial charge in [0, 0.05) is 17.8 Å². The third kappa shape index (κ3) is 2.21. The monoisotopic (exact) mass is 183 g/mol. The van der Waals surface area contributed by atoms with Crippen LogP contribution in [0, 0.1) is 5.92 Å². The van der Waals surface area contributed by atoms with Gasteiger partial charge in [0.15, 0.2) is 0 Å². The van der Waals surface area contributed by atoms with Crippen molar-refractivity contribution in [3.05, 3.63) is 29.0 Å². The Morgan fingerprint density at radius 3 is 2.33 bits per heavy atom. The minimum atomic E-state index is 0.502. The highest BCUT2D eigenvalue weighted by molar-refractivity contribution is 6.30. The Morgan fingerprint density at radius 2 is 1.92 bits per heavy atom. The van der Waals surface area contributed by atoms with E-state index < -0.39 is 0 Å². The number of rotatable bonds is 2. The van der Waals surface area contributed by atoms with Crippen LogP contribution >= 0.6 is 11.6 Å². The number of hydrogen-bond acceptors (Lipinski definition) is 1. The molecular weight excluding hydrogens is 170 g/mol. The van der Waals surface area contributed by atoms with Crippen LogP contribution in [0.5, 0.6) is 0 Å². The van der Waals surface area contributed by atoms with Crippen LogP contribution in [-0.2, 0) is 0 Å². The van der Waals surface area contributed by atoms with Gasteiger partial charge >= 0.3 is 0 Å². The smallest absolute Gasteiger partial charge is 0.0589 e. The molecular formula is C10H14ClN. The van der Waals surface area contributed by atoms with Gasteiger partial charge in [-0.15, -0.1) is 0 Å². The molecule has 1 rings (SSSR count). The first-order chi connectivity index (χ1) is 5.61. The lowest BCUT2D eigenvalue weighted by atomic mass is 9.94. The summed E-state index contributed by atoms with van der Waals surface area (Å²) in [6.07, 6.45) is 1.70. The summed E-state index contributed by atoms with van der Waals surface area (Å²) >= 11 is 5.73. The SMILES string of the molecule is CC(C)[C@H](C)c1ccc(Cl)cn1. The molecule has 0 fully saturated rings. The molecule has 2 heteroatoms. The van der Waals surface area contributed by atoms with Crippen molar-refractivity contribution in [2.45, 2.75) is 26.7 Å². The van der Waals surface area contributed by atoms with Crippen molar-refractivity contribution in [3.63, 3.8) is 0 Å². The zero-order valence-corrected chi connectivity index (χ0v) is 8.47. The van der Waals surface area contributed by atoms with Crippen LogP contribution < -0.4 is 0 Å². The van der Waals surface area contributed by atoms with E-state index in [0.29, 0.717) is 16.9 Å². The summed E-state index contributed by atoms with van der Waals surface area (Å²) in [6, 6.07) is 3.88. The minimum Gasteiger partial charge on any atom is -0.259 e. The second kappa shape index (κ2) is 3.90. The third-order valence-electron chi connectivity index (χ3n) is 2.22. The number of halogens is 1. The Labute approximate surface area is 78.8 Å². The lowest BCUT2D eigenvalue weighted by Crippen LogP contribution is -2.03. The van der Waals surface area contributed by atoms with Crippen LogP contribution in [0.1, 0.15) is 32.4 Å². The molecule has 1 nitrogen and oxygen atoms in total. The van der Waals surface area contributed by atoms with Crippen LogP contribution in [0.3, 0.4) is 0 Å². The predicted molar refractivity (Wildman–Crippen MR) is 52.5 cm³/mol. The van der Waals surface area contributed by atoms with E-state index in [1.165, 1.54) is 0 Å². The van der Waals surface area contributed by atoms with Gasteiger partial charge in [-0.05, 0) is 18.1 Å². The molecule has 0 amide bonds. The van der Waals surface area contributed by atoms with Gasteiger partial charge < -0.3 is 0 Å². The Kier molecular flexibility index (Phi) is 3.10. The van der Waals surface area contributed by atoms with Crippen molar-refractivity contribution in [3.8, 4) is 0 Å². The zero-order valence-electron chi connectivity index (χ0n) is 7.71. The summed E-state index contributed by atoms with van der Waals surface area (Å²) in [5, 5.41) is 0.703. The summed E-state index contributed by atoms with van der Waals surface area (Å²) in [5.74, 6) is 1.13. The maximum atomic E-state index is 5.73. The van der Waals surface area contributed by atoms with Crippen LogP contribution in [-0.4, -0.2) is 4.98 Å². The van der Waals surface area contributed by atoms with Gasteiger partial charge in [-0.25, -0.2) is 0 Å². The molecule has 0 N–H and O–H groups in total. The van der Waals surface area contributed by atoms with E-state index in [2.05, 4.69) is 25.8 Å². The fraction of sp³-hybridized carbons (Fsp3) is 0.500. The molecule has 0 aliphatic rings. The number of nitrogens with zero attached hydrogens (tertiary/aromatic N) is 1. The van der Waals surface area contributed by atoms with Crippen molar-refractivity contribution in [2.24, 2.45) is 5.92 Å². The maximum absolute atomic E-state index is 5.73. The lowest BCUT2D eigenvalue weighted by Gasteiger charge is -2.14. The molecule has 0 aromatic carbocycles. The molecule has 0 aliphatic carbocycles. The van der Waals surface area contributed by atoms with Crippen molar-refractivity contribution >= 4 is 11.6 Å². The van der Waals surface area contributed by atoms with Crippen LogP contribution in [0.4, 0.5) is 0 Å². The fourth-order valence-electron chi connectivity index (χ4n) is 0.998. The normalized spacial score (nSPS) is 13.4. The van der Waals surface area contributed by atoms with Gasteiger partial charge in [-0.2, -0.15) is 0 Å². The van der Waals surface area contributed by atoms with Gasteiger partial charge in [0.25, 0.3) is 0 Å². The van der Waals surface area contributed by atoms with E-state index in [9.17, 15) is 0 Å². The van der Waals surface area contributed by atoms with Gasteiger partial charge in [-0.3, -0.25) is 4.98 Å². The van der Waals surface area contributed by atoms with Gasteiger partial charge in [0.2, 0.25) is 0 Å². The topological polar surface area (TPSA) is 12.9 Å². The Hall–Kier alpha value is -0.560. The highest BCUT2D eigenvalue weighted by Gasteiger charge is 2.10. The third-order valence-corrected chi connectivity index (χ3v) is 2.44. The highest BCUT2D eigenvalue weighted by atomic mass is 35.5. The molecule has 66 valence electrons. The van der Waals surface area contributed by atoms with E-state index >= 15 is 0 Å². The molecule has 0 saturated heterocycles. The predicted octanol–water partition coefficient (Wildman–Crippen LogP) is 3.49. The summed E-state index contributed by atoms with van der Waals surface area (Å²) in [4.78, 5) is 4.27. The molecule has 1 atom stereocenters. The minimum absolute atomic E-state index is 0.502. The summed E-state index contributed by atoms with van der Waals surface area (Å²) < 4.78 is 0. The van der Waals surface area contributed by atoms with E-state index in [1.54, 1.807) is 6.20 Å². The first-order valence-corrected chi connectivity index (χ1v) is 4.60. The average molecular weight is 184 g/mol. The van der Waals surface area contributed by atoms with Gasteiger partial charge in [0.05, 0.1) is 5.02 Å². The Bertz CT molecular complexity index is 241. The highest BCUT2D eigenvalue weighted by Crippen LogP contribution is 2.22. The summed E-state index contributed by atoms with van der Waals surface area (Å²) in [5.41, 5.74) is 1.12. The molecule has 0 radical (unpaired) electrons. The molecule has 1 heterocycles. The quantitative estimate of drug-likeness (QED) is 0.684. The standard InChI is InChI=1S/C10H14ClN/c1-7(2)8(3)10-5-4-9(11)6-12-10/h4-8H,1-3H3/t8-/m0/s1. The van der Waals surface area contributed by atoms with E-state index in [0.717, 1.165) is 5.69 Å². The Balaban J connectivity index is 2.82. The van der Waals surface area contributed by atoms with Crippen molar-refractivity contribution in [1.29, 1.82) is 0 Å². The van der Waals surface area contributed by atoms with Crippen LogP contribution in [0.2, 0.25) is 5.02 Å². The molecule has 0 bridgehead atoms. The van der Waals surface area contributed by atoms with Crippen LogP contribution in [0.25, 0.3) is 0 Å². The zero-order chi connectivity index (χ0) is 9.14. The lowest BCUT2D eigenvalue weighted by molar-refractivity contribution is 0.523. The van der Waals surface area contributed by atoms with Gasteiger partial charge in [-0.1, -0.05) is 32.4 Å². The maximum Gasteiger partial charge on any atom is 0.0589 e. The van der Waals surface area contributed by atoms with Crippen molar-refractivity contribution < 1.29 is 0 Å². The molecule has 0 spiro atoms.